The van der Waals surface area contributed by atoms with Gasteiger partial charge >= 0.3 is 0 Å². The Morgan fingerprint density at radius 3 is 2.96 bits per heavy atom. The van der Waals surface area contributed by atoms with Gasteiger partial charge in [-0.25, -0.2) is 0 Å². The van der Waals surface area contributed by atoms with E-state index >= 15 is 0 Å². The van der Waals surface area contributed by atoms with Crippen molar-refractivity contribution in [3.05, 3.63) is 40.5 Å². The highest BCUT2D eigenvalue weighted by atomic mass is 35.5. The molecule has 7 nitrogen and oxygen atoms in total. The fraction of sp³-hybridized carbons (Fsp3) is 0.438. The predicted molar refractivity (Wildman–Crippen MR) is 93.6 cm³/mol. The molecular formula is C16H19Cl2N3O4. The van der Waals surface area contributed by atoms with Crippen molar-refractivity contribution in [2.75, 3.05) is 19.8 Å². The summed E-state index contributed by atoms with van der Waals surface area (Å²) in [6, 6.07) is 4.81. The Kier molecular flexibility index (Phi) is 6.78. The molecule has 2 heterocycles. The number of benzene rings is 1. The fourth-order valence-corrected chi connectivity index (χ4v) is 2.58. The molecular weight excluding hydrogens is 369 g/mol. The smallest absolute Gasteiger partial charge is 0.267 e. The van der Waals surface area contributed by atoms with Crippen molar-refractivity contribution in [3.63, 3.8) is 0 Å². The van der Waals surface area contributed by atoms with E-state index in [9.17, 15) is 4.79 Å². The van der Waals surface area contributed by atoms with Crippen LogP contribution < -0.4 is 10.1 Å². The van der Waals surface area contributed by atoms with E-state index in [2.05, 4.69) is 15.5 Å². The number of nitrogens with zero attached hydrogens (tertiary/aromatic N) is 2. The van der Waals surface area contributed by atoms with Crippen LogP contribution in [0.2, 0.25) is 5.02 Å². The van der Waals surface area contributed by atoms with Crippen LogP contribution in [0.3, 0.4) is 0 Å². The molecule has 1 aromatic heterocycles. The molecule has 136 valence electrons. The summed E-state index contributed by atoms with van der Waals surface area (Å²) in [6.07, 6.45) is -0.505. The van der Waals surface area contributed by atoms with Crippen LogP contribution in [0.15, 0.2) is 22.7 Å². The number of ketones is 1. The Morgan fingerprint density at radius 2 is 2.28 bits per heavy atom. The number of rotatable bonds is 5. The third-order valence-corrected chi connectivity index (χ3v) is 3.90. The van der Waals surface area contributed by atoms with Gasteiger partial charge < -0.3 is 19.3 Å². The number of carbonyl (C=O) groups excluding carboxylic acids is 1. The highest BCUT2D eigenvalue weighted by Crippen LogP contribution is 2.28. The largest absolute Gasteiger partial charge is 0.480 e. The average molecular weight is 388 g/mol. The highest BCUT2D eigenvalue weighted by Gasteiger charge is 2.24. The number of ether oxygens (including phenoxy) is 2. The number of aromatic nitrogens is 2. The first-order chi connectivity index (χ1) is 11.5. The molecule has 2 aromatic rings. The minimum atomic E-state index is -0.505. The summed E-state index contributed by atoms with van der Waals surface area (Å²) in [5.74, 6) is 1.16. The predicted octanol–water partition coefficient (Wildman–Crippen LogP) is 3.15. The first kappa shape index (κ1) is 19.7. The first-order valence-corrected chi connectivity index (χ1v) is 8.04. The summed E-state index contributed by atoms with van der Waals surface area (Å²) in [6.45, 7) is 5.15. The summed E-state index contributed by atoms with van der Waals surface area (Å²) in [7, 11) is 0. The van der Waals surface area contributed by atoms with E-state index in [1.807, 2.05) is 0 Å². The number of hydrogen-bond acceptors (Lipinski definition) is 7. The van der Waals surface area contributed by atoms with Gasteiger partial charge in [0.1, 0.15) is 5.75 Å². The molecule has 0 amide bonds. The van der Waals surface area contributed by atoms with Gasteiger partial charge in [0.2, 0.25) is 0 Å². The van der Waals surface area contributed by atoms with Gasteiger partial charge in [-0.15, -0.1) is 12.4 Å². The van der Waals surface area contributed by atoms with Crippen LogP contribution in [0.1, 0.15) is 48.1 Å². The van der Waals surface area contributed by atoms with E-state index in [1.165, 1.54) is 6.92 Å². The monoisotopic (exact) mass is 387 g/mol. The van der Waals surface area contributed by atoms with Crippen molar-refractivity contribution < 1.29 is 18.8 Å². The lowest BCUT2D eigenvalue weighted by Crippen LogP contribution is -2.35. The molecule has 1 fully saturated rings. The van der Waals surface area contributed by atoms with Crippen molar-refractivity contribution in [2.24, 2.45) is 0 Å². The topological polar surface area (TPSA) is 86.5 Å². The second-order valence-electron chi connectivity index (χ2n) is 5.53. The number of carbonyl (C=O) groups is 1. The zero-order chi connectivity index (χ0) is 17.1. The number of halogens is 2. The van der Waals surface area contributed by atoms with Crippen LogP contribution in [0, 0.1) is 0 Å². The summed E-state index contributed by atoms with van der Waals surface area (Å²) in [5.41, 5.74) is 0.413. The molecule has 1 aliphatic rings. The maximum absolute atomic E-state index is 11.7. The molecule has 0 aliphatic carbocycles. The minimum absolute atomic E-state index is 0. The van der Waals surface area contributed by atoms with Crippen LogP contribution in [0.4, 0.5) is 0 Å². The molecule has 2 unspecified atom stereocenters. The molecule has 1 aromatic carbocycles. The van der Waals surface area contributed by atoms with Crippen LogP contribution in [-0.2, 0) is 4.74 Å². The van der Waals surface area contributed by atoms with Crippen molar-refractivity contribution in [1.29, 1.82) is 0 Å². The van der Waals surface area contributed by atoms with E-state index in [0.717, 1.165) is 6.54 Å². The molecule has 1 N–H and O–H groups in total. The number of hydrogen-bond donors (Lipinski definition) is 1. The number of morpholine rings is 1. The lowest BCUT2D eigenvalue weighted by atomic mass is 10.1. The average Bonchev–Trinajstić information content (AvgIpc) is 3.07. The van der Waals surface area contributed by atoms with Crippen LogP contribution in [0.5, 0.6) is 5.75 Å². The number of nitrogens with one attached hydrogen (secondary N) is 1. The van der Waals surface area contributed by atoms with Gasteiger partial charge in [0.05, 0.1) is 24.8 Å². The first-order valence-electron chi connectivity index (χ1n) is 7.66. The Morgan fingerprint density at radius 1 is 1.48 bits per heavy atom. The van der Waals surface area contributed by atoms with Crippen molar-refractivity contribution >= 4 is 29.8 Å². The maximum atomic E-state index is 11.7. The minimum Gasteiger partial charge on any atom is -0.480 e. The molecule has 0 bridgehead atoms. The molecule has 9 heteroatoms. The van der Waals surface area contributed by atoms with E-state index in [4.69, 9.17) is 25.6 Å². The maximum Gasteiger partial charge on any atom is 0.267 e. The van der Waals surface area contributed by atoms with Crippen LogP contribution >= 0.6 is 24.0 Å². The molecule has 0 spiro atoms. The Bertz CT molecular complexity index is 732. The third kappa shape index (κ3) is 4.70. The van der Waals surface area contributed by atoms with Gasteiger partial charge in [-0.1, -0.05) is 16.8 Å². The third-order valence-electron chi connectivity index (χ3n) is 3.66. The Hall–Kier alpha value is -1.67. The Labute approximate surface area is 156 Å². The highest BCUT2D eigenvalue weighted by molar-refractivity contribution is 6.31. The van der Waals surface area contributed by atoms with Gasteiger partial charge in [0.25, 0.3) is 5.89 Å². The zero-order valence-corrected chi connectivity index (χ0v) is 15.4. The quantitative estimate of drug-likeness (QED) is 0.788. The number of Topliss-reactive ketones (excluding diaryl/α,β-unsaturated/α-hetero) is 1. The molecule has 25 heavy (non-hydrogen) atoms. The van der Waals surface area contributed by atoms with Crippen molar-refractivity contribution in [1.82, 2.24) is 15.5 Å². The molecule has 1 aliphatic heterocycles. The molecule has 0 saturated carbocycles. The van der Waals surface area contributed by atoms with Gasteiger partial charge in [0, 0.05) is 11.6 Å². The molecule has 2 atom stereocenters. The van der Waals surface area contributed by atoms with Crippen LogP contribution in [-0.4, -0.2) is 35.7 Å². The standard InChI is InChI=1S/C16H18ClN3O4.ClH/c1-9(21)12-7-11(17)3-4-14(12)23-10(2)16-19-15(20-24-16)13-8-22-6-5-18-13;/h3-4,7,10,13,18H,5-6,8H2,1-2H3;1H. The van der Waals surface area contributed by atoms with E-state index in [0.29, 0.717) is 41.3 Å². The van der Waals surface area contributed by atoms with Crippen LogP contribution in [0.25, 0.3) is 0 Å². The molecule has 1 saturated heterocycles. The summed E-state index contributed by atoms with van der Waals surface area (Å²) in [5, 5.41) is 7.71. The van der Waals surface area contributed by atoms with Gasteiger partial charge in [-0.05, 0) is 32.0 Å². The van der Waals surface area contributed by atoms with E-state index in [1.54, 1.807) is 25.1 Å². The summed E-state index contributed by atoms with van der Waals surface area (Å²) >= 11 is 5.94. The fourth-order valence-electron chi connectivity index (χ4n) is 2.41. The summed E-state index contributed by atoms with van der Waals surface area (Å²) in [4.78, 5) is 16.1. The summed E-state index contributed by atoms with van der Waals surface area (Å²) < 4.78 is 16.5. The van der Waals surface area contributed by atoms with Gasteiger partial charge in [0.15, 0.2) is 17.7 Å². The van der Waals surface area contributed by atoms with Crippen molar-refractivity contribution in [2.45, 2.75) is 26.0 Å². The van der Waals surface area contributed by atoms with E-state index < -0.39 is 6.10 Å². The lowest BCUT2D eigenvalue weighted by molar-refractivity contribution is 0.0734. The lowest BCUT2D eigenvalue weighted by Gasteiger charge is -2.20. The molecule has 3 rings (SSSR count). The second-order valence-corrected chi connectivity index (χ2v) is 5.97. The zero-order valence-electron chi connectivity index (χ0n) is 13.8. The molecule has 0 radical (unpaired) electrons. The van der Waals surface area contributed by atoms with Gasteiger partial charge in [-0.3, -0.25) is 4.79 Å². The normalized spacial score (nSPS) is 18.3. The Balaban J connectivity index is 0.00000225. The van der Waals surface area contributed by atoms with Gasteiger partial charge in [-0.2, -0.15) is 4.98 Å². The van der Waals surface area contributed by atoms with Crippen molar-refractivity contribution in [3.8, 4) is 5.75 Å². The SMILES string of the molecule is CC(=O)c1cc(Cl)ccc1OC(C)c1nc(C2COCCN2)no1.Cl. The second kappa shape index (κ2) is 8.62. The van der Waals surface area contributed by atoms with E-state index in [-0.39, 0.29) is 24.2 Å².